The van der Waals surface area contributed by atoms with Gasteiger partial charge in [0.15, 0.2) is 0 Å². The third-order valence-corrected chi connectivity index (χ3v) is 4.97. The van der Waals surface area contributed by atoms with E-state index < -0.39 is 0 Å². The molecule has 1 rings (SSSR count). The van der Waals surface area contributed by atoms with Crippen molar-refractivity contribution in [3.05, 3.63) is 0 Å². The Morgan fingerprint density at radius 2 is 1.62 bits per heavy atom. The number of rotatable bonds is 7. The van der Waals surface area contributed by atoms with Crippen molar-refractivity contribution in [2.24, 2.45) is 29.1 Å². The Labute approximate surface area is 103 Å². The van der Waals surface area contributed by atoms with Crippen molar-refractivity contribution in [1.29, 1.82) is 0 Å². The van der Waals surface area contributed by atoms with Gasteiger partial charge in [0.25, 0.3) is 0 Å². The summed E-state index contributed by atoms with van der Waals surface area (Å²) in [6, 6.07) is 0. The second kappa shape index (κ2) is 5.56. The molecule has 0 heteroatoms. The van der Waals surface area contributed by atoms with E-state index in [1.54, 1.807) is 0 Å². The van der Waals surface area contributed by atoms with E-state index in [0.29, 0.717) is 5.41 Å². The molecule has 16 heavy (non-hydrogen) atoms. The number of hydrogen-bond donors (Lipinski definition) is 0. The lowest BCUT2D eigenvalue weighted by atomic mass is 9.71. The quantitative estimate of drug-likeness (QED) is 0.534. The zero-order chi connectivity index (χ0) is 12.3. The van der Waals surface area contributed by atoms with Gasteiger partial charge in [-0.25, -0.2) is 0 Å². The van der Waals surface area contributed by atoms with Crippen molar-refractivity contribution in [1.82, 2.24) is 0 Å². The third kappa shape index (κ3) is 3.79. The first-order valence-corrected chi connectivity index (χ1v) is 7.39. The van der Waals surface area contributed by atoms with Crippen molar-refractivity contribution in [3.8, 4) is 0 Å². The predicted octanol–water partition coefficient (Wildman–Crippen LogP) is 5.52. The fourth-order valence-corrected chi connectivity index (χ4v) is 3.29. The first-order valence-electron chi connectivity index (χ1n) is 7.39. The largest absolute Gasteiger partial charge is 0.0649 e. The van der Waals surface area contributed by atoms with Crippen LogP contribution in [-0.4, -0.2) is 0 Å². The Morgan fingerprint density at radius 1 is 1.06 bits per heavy atom. The molecule has 1 aliphatic rings. The van der Waals surface area contributed by atoms with Gasteiger partial charge >= 0.3 is 0 Å². The summed E-state index contributed by atoms with van der Waals surface area (Å²) in [6.07, 6.45) is 7.20. The van der Waals surface area contributed by atoms with Gasteiger partial charge in [-0.05, 0) is 54.8 Å². The molecule has 0 nitrogen and oxygen atoms in total. The van der Waals surface area contributed by atoms with Gasteiger partial charge in [0.2, 0.25) is 0 Å². The van der Waals surface area contributed by atoms with Crippen molar-refractivity contribution in [3.63, 3.8) is 0 Å². The SMILES string of the molecule is CCC(C)(CC(C)C(C)CC(C)C)C1CC1. The average molecular weight is 224 g/mol. The molecule has 0 heterocycles. The van der Waals surface area contributed by atoms with Gasteiger partial charge in [0.05, 0.1) is 0 Å². The van der Waals surface area contributed by atoms with Gasteiger partial charge in [-0.3, -0.25) is 0 Å². The van der Waals surface area contributed by atoms with Gasteiger partial charge in [0.1, 0.15) is 0 Å². The first-order chi connectivity index (χ1) is 7.39. The third-order valence-electron chi connectivity index (χ3n) is 4.97. The molecule has 0 spiro atoms. The van der Waals surface area contributed by atoms with Gasteiger partial charge in [-0.2, -0.15) is 0 Å². The van der Waals surface area contributed by atoms with Crippen LogP contribution in [0.1, 0.15) is 73.6 Å². The highest BCUT2D eigenvalue weighted by atomic mass is 14.5. The second-order valence-electron chi connectivity index (χ2n) is 7.07. The summed E-state index contributed by atoms with van der Waals surface area (Å²) in [5, 5.41) is 0. The molecule has 0 N–H and O–H groups in total. The maximum Gasteiger partial charge on any atom is -0.0298 e. The molecular weight excluding hydrogens is 192 g/mol. The molecule has 0 bridgehead atoms. The maximum atomic E-state index is 2.53. The summed E-state index contributed by atoms with van der Waals surface area (Å²) in [7, 11) is 0. The lowest BCUT2D eigenvalue weighted by molar-refractivity contribution is 0.162. The molecule has 96 valence electrons. The molecule has 0 aromatic carbocycles. The molecule has 1 fully saturated rings. The summed E-state index contributed by atoms with van der Waals surface area (Å²) in [5.74, 6) is 3.69. The van der Waals surface area contributed by atoms with Gasteiger partial charge in [-0.1, -0.05) is 48.0 Å². The highest BCUT2D eigenvalue weighted by Gasteiger charge is 2.41. The molecule has 0 aromatic heterocycles. The highest BCUT2D eigenvalue weighted by Crippen LogP contribution is 2.51. The molecule has 1 saturated carbocycles. The van der Waals surface area contributed by atoms with Crippen LogP contribution in [0.4, 0.5) is 0 Å². The second-order valence-corrected chi connectivity index (χ2v) is 7.07. The predicted molar refractivity (Wildman–Crippen MR) is 73.5 cm³/mol. The van der Waals surface area contributed by atoms with Crippen LogP contribution in [-0.2, 0) is 0 Å². The van der Waals surface area contributed by atoms with Crippen LogP contribution in [0.5, 0.6) is 0 Å². The van der Waals surface area contributed by atoms with E-state index in [9.17, 15) is 0 Å². The summed E-state index contributed by atoms with van der Waals surface area (Å²) in [5.41, 5.74) is 0.644. The molecule has 0 aliphatic heterocycles. The molecule has 0 amide bonds. The Balaban J connectivity index is 2.44. The number of hydrogen-bond acceptors (Lipinski definition) is 0. The fourth-order valence-electron chi connectivity index (χ4n) is 3.29. The molecular formula is C16H32. The highest BCUT2D eigenvalue weighted by molar-refractivity contribution is 4.91. The monoisotopic (exact) mass is 224 g/mol. The van der Waals surface area contributed by atoms with Crippen molar-refractivity contribution < 1.29 is 0 Å². The zero-order valence-corrected chi connectivity index (χ0v) is 12.3. The fraction of sp³-hybridized carbons (Fsp3) is 1.00. The van der Waals surface area contributed by atoms with Crippen LogP contribution < -0.4 is 0 Å². The van der Waals surface area contributed by atoms with Crippen molar-refractivity contribution in [2.75, 3.05) is 0 Å². The van der Waals surface area contributed by atoms with Crippen LogP contribution in [0.15, 0.2) is 0 Å². The lowest BCUT2D eigenvalue weighted by Gasteiger charge is -2.34. The smallest absolute Gasteiger partial charge is 0.0298 e. The van der Waals surface area contributed by atoms with Crippen LogP contribution >= 0.6 is 0 Å². The van der Waals surface area contributed by atoms with E-state index in [-0.39, 0.29) is 0 Å². The first kappa shape index (κ1) is 14.1. The van der Waals surface area contributed by atoms with E-state index in [0.717, 1.165) is 23.7 Å². The van der Waals surface area contributed by atoms with E-state index in [4.69, 9.17) is 0 Å². The Kier molecular flexibility index (Phi) is 4.88. The van der Waals surface area contributed by atoms with Gasteiger partial charge in [0, 0.05) is 0 Å². The molecule has 0 aromatic rings. The van der Waals surface area contributed by atoms with Crippen molar-refractivity contribution in [2.45, 2.75) is 73.6 Å². The normalized spacial score (nSPS) is 24.2. The minimum Gasteiger partial charge on any atom is -0.0649 e. The Morgan fingerprint density at radius 3 is 2.00 bits per heavy atom. The standard InChI is InChI=1S/C16H32/c1-7-16(6,15-8-9-15)11-14(5)13(4)10-12(2)3/h12-15H,7-11H2,1-6H3. The summed E-state index contributed by atoms with van der Waals surface area (Å²) >= 11 is 0. The molecule has 1 aliphatic carbocycles. The van der Waals surface area contributed by atoms with Crippen LogP contribution in [0.25, 0.3) is 0 Å². The summed E-state index contributed by atoms with van der Waals surface area (Å²) in [4.78, 5) is 0. The Bertz CT molecular complexity index is 202. The van der Waals surface area contributed by atoms with E-state index in [2.05, 4.69) is 41.5 Å². The summed E-state index contributed by atoms with van der Waals surface area (Å²) in [6.45, 7) is 14.5. The van der Waals surface area contributed by atoms with E-state index >= 15 is 0 Å². The van der Waals surface area contributed by atoms with Gasteiger partial charge < -0.3 is 0 Å². The zero-order valence-electron chi connectivity index (χ0n) is 12.3. The molecule has 3 unspecified atom stereocenters. The topological polar surface area (TPSA) is 0 Å². The van der Waals surface area contributed by atoms with Crippen LogP contribution in [0, 0.1) is 29.1 Å². The minimum absolute atomic E-state index is 0.644. The van der Waals surface area contributed by atoms with Crippen LogP contribution in [0.2, 0.25) is 0 Å². The van der Waals surface area contributed by atoms with Gasteiger partial charge in [-0.15, -0.1) is 0 Å². The average Bonchev–Trinajstić information content (AvgIpc) is 2.99. The maximum absolute atomic E-state index is 2.53. The van der Waals surface area contributed by atoms with Crippen molar-refractivity contribution >= 4 is 0 Å². The van der Waals surface area contributed by atoms with E-state index in [1.807, 2.05) is 0 Å². The molecule has 0 saturated heterocycles. The summed E-state index contributed by atoms with van der Waals surface area (Å²) < 4.78 is 0. The van der Waals surface area contributed by atoms with Crippen LogP contribution in [0.3, 0.4) is 0 Å². The Hall–Kier alpha value is 0. The minimum atomic E-state index is 0.644. The lowest BCUT2D eigenvalue weighted by Crippen LogP contribution is -2.24. The van der Waals surface area contributed by atoms with E-state index in [1.165, 1.54) is 32.1 Å². The molecule has 3 atom stereocenters. The molecule has 0 radical (unpaired) electrons.